The largest absolute Gasteiger partial charge is 0.463 e. The highest BCUT2D eigenvalue weighted by Crippen LogP contribution is 2.33. The number of Topliss-reactive ketones (excluding diaryl/α,β-unsaturated/α-hetero) is 1. The van der Waals surface area contributed by atoms with Crippen LogP contribution in [-0.2, 0) is 14.3 Å². The zero-order valence-corrected chi connectivity index (χ0v) is 13.3. The fraction of sp³-hybridized carbons (Fsp3) is 0.400. The van der Waals surface area contributed by atoms with Crippen LogP contribution in [0.1, 0.15) is 31.1 Å². The maximum absolute atomic E-state index is 13.6. The van der Waals surface area contributed by atoms with Crippen molar-refractivity contribution in [3.8, 4) is 0 Å². The number of hydrogen-bond acceptors (Lipinski definition) is 5. The molecule has 1 aromatic carbocycles. The van der Waals surface area contributed by atoms with Crippen LogP contribution < -0.4 is 10.6 Å². The summed E-state index contributed by atoms with van der Waals surface area (Å²) in [5, 5.41) is 3.54. The van der Waals surface area contributed by atoms with Gasteiger partial charge in [-0.25, -0.2) is 4.79 Å². The van der Waals surface area contributed by atoms with E-state index in [0.29, 0.717) is 0 Å². The number of rotatable bonds is 6. The first-order valence-electron chi connectivity index (χ1n) is 6.95. The molecule has 0 heterocycles. The Bertz CT molecular complexity index is 646. The smallest absolute Gasteiger partial charge is 0.441 e. The van der Waals surface area contributed by atoms with Crippen molar-refractivity contribution in [2.24, 2.45) is 0 Å². The SMILES string of the molecule is CCOC(=O)[C@@](NC(C)=O)(Nc1cccc(C(C)=O)c1)C(F)(F)F. The molecule has 1 atom stereocenters. The minimum Gasteiger partial charge on any atom is -0.463 e. The normalized spacial score (nSPS) is 13.6. The molecule has 0 fully saturated rings. The number of ketones is 1. The van der Waals surface area contributed by atoms with Gasteiger partial charge in [-0.1, -0.05) is 12.1 Å². The van der Waals surface area contributed by atoms with Gasteiger partial charge in [-0.3, -0.25) is 9.59 Å². The summed E-state index contributed by atoms with van der Waals surface area (Å²) >= 11 is 0. The van der Waals surface area contributed by atoms with Gasteiger partial charge in [0.15, 0.2) is 5.78 Å². The number of alkyl halides is 3. The molecule has 0 aliphatic rings. The molecule has 0 bridgehead atoms. The second kappa shape index (κ2) is 7.33. The maximum atomic E-state index is 13.6. The fourth-order valence-electron chi connectivity index (χ4n) is 1.93. The second-order valence-electron chi connectivity index (χ2n) is 4.91. The van der Waals surface area contributed by atoms with Crippen molar-refractivity contribution >= 4 is 23.3 Å². The van der Waals surface area contributed by atoms with Gasteiger partial charge in [-0.2, -0.15) is 13.2 Å². The summed E-state index contributed by atoms with van der Waals surface area (Å²) < 4.78 is 45.3. The summed E-state index contributed by atoms with van der Waals surface area (Å²) in [5.41, 5.74) is -3.51. The van der Waals surface area contributed by atoms with Crippen LogP contribution in [0.3, 0.4) is 0 Å². The molecule has 0 saturated carbocycles. The second-order valence-corrected chi connectivity index (χ2v) is 4.91. The molecule has 0 spiro atoms. The third-order valence-electron chi connectivity index (χ3n) is 2.97. The van der Waals surface area contributed by atoms with Crippen molar-refractivity contribution in [2.75, 3.05) is 11.9 Å². The summed E-state index contributed by atoms with van der Waals surface area (Å²) in [5.74, 6) is -3.16. The number of ether oxygens (including phenoxy) is 1. The van der Waals surface area contributed by atoms with Crippen LogP contribution in [0.4, 0.5) is 18.9 Å². The van der Waals surface area contributed by atoms with Gasteiger partial charge < -0.3 is 15.4 Å². The zero-order chi connectivity index (χ0) is 18.5. The van der Waals surface area contributed by atoms with Crippen molar-refractivity contribution in [3.63, 3.8) is 0 Å². The predicted molar refractivity (Wildman–Crippen MR) is 79.3 cm³/mol. The van der Waals surface area contributed by atoms with Gasteiger partial charge in [-0.05, 0) is 26.0 Å². The van der Waals surface area contributed by atoms with Gasteiger partial charge in [0.1, 0.15) is 0 Å². The highest BCUT2D eigenvalue weighted by atomic mass is 19.4. The molecule has 132 valence electrons. The van der Waals surface area contributed by atoms with Crippen LogP contribution in [0.15, 0.2) is 24.3 Å². The van der Waals surface area contributed by atoms with E-state index < -0.39 is 23.7 Å². The Kier molecular flexibility index (Phi) is 5.94. The highest BCUT2D eigenvalue weighted by Gasteiger charge is 2.63. The molecule has 1 amide bonds. The van der Waals surface area contributed by atoms with Crippen LogP contribution in [0.2, 0.25) is 0 Å². The number of amides is 1. The monoisotopic (exact) mass is 346 g/mol. The molecule has 0 unspecified atom stereocenters. The first-order valence-corrected chi connectivity index (χ1v) is 6.95. The molecule has 1 aromatic rings. The lowest BCUT2D eigenvalue weighted by Crippen LogP contribution is -2.69. The number of nitrogens with one attached hydrogen (secondary N) is 2. The van der Waals surface area contributed by atoms with Crippen LogP contribution >= 0.6 is 0 Å². The minimum atomic E-state index is -5.20. The molecule has 0 aliphatic carbocycles. The van der Waals surface area contributed by atoms with Gasteiger partial charge in [0.05, 0.1) is 6.61 Å². The van der Waals surface area contributed by atoms with E-state index >= 15 is 0 Å². The van der Waals surface area contributed by atoms with Crippen molar-refractivity contribution in [1.29, 1.82) is 0 Å². The lowest BCUT2D eigenvalue weighted by atomic mass is 10.1. The number of carbonyl (C=O) groups is 3. The van der Waals surface area contributed by atoms with Gasteiger partial charge >= 0.3 is 17.8 Å². The van der Waals surface area contributed by atoms with Gasteiger partial charge in [0.2, 0.25) is 5.91 Å². The number of anilines is 1. The van der Waals surface area contributed by atoms with Crippen LogP contribution in [-0.4, -0.2) is 36.1 Å². The molecular weight excluding hydrogens is 329 g/mol. The molecule has 24 heavy (non-hydrogen) atoms. The lowest BCUT2D eigenvalue weighted by molar-refractivity contribution is -0.207. The van der Waals surface area contributed by atoms with Crippen molar-refractivity contribution < 1.29 is 32.3 Å². The quantitative estimate of drug-likeness (QED) is 0.469. The summed E-state index contributed by atoms with van der Waals surface area (Å²) in [6.45, 7) is 3.11. The summed E-state index contributed by atoms with van der Waals surface area (Å²) in [4.78, 5) is 34.6. The van der Waals surface area contributed by atoms with Crippen LogP contribution in [0.5, 0.6) is 0 Å². The van der Waals surface area contributed by atoms with E-state index in [1.54, 1.807) is 5.32 Å². The summed E-state index contributed by atoms with van der Waals surface area (Å²) in [6.07, 6.45) is -5.20. The zero-order valence-electron chi connectivity index (χ0n) is 13.3. The third-order valence-corrected chi connectivity index (χ3v) is 2.97. The van der Waals surface area contributed by atoms with Crippen molar-refractivity contribution in [2.45, 2.75) is 32.6 Å². The van der Waals surface area contributed by atoms with Crippen LogP contribution in [0.25, 0.3) is 0 Å². The Balaban J connectivity index is 3.40. The molecule has 0 radical (unpaired) electrons. The topological polar surface area (TPSA) is 84.5 Å². The van der Waals surface area contributed by atoms with Gasteiger partial charge in [0.25, 0.3) is 0 Å². The molecule has 2 N–H and O–H groups in total. The van der Waals surface area contributed by atoms with E-state index in [-0.39, 0.29) is 23.6 Å². The molecular formula is C15H17F3N2O4. The first-order chi connectivity index (χ1) is 11.0. The Morgan fingerprint density at radius 2 is 1.79 bits per heavy atom. The molecule has 0 aromatic heterocycles. The predicted octanol–water partition coefficient (Wildman–Crippen LogP) is 2.26. The average Bonchev–Trinajstić information content (AvgIpc) is 2.45. The Morgan fingerprint density at radius 3 is 2.25 bits per heavy atom. The highest BCUT2D eigenvalue weighted by molar-refractivity contribution is 5.95. The number of esters is 1. The number of hydrogen-bond donors (Lipinski definition) is 2. The standard InChI is InChI=1S/C15H17F3N2O4/c1-4-24-13(23)14(15(16,17)18,19-10(3)22)20-12-7-5-6-11(8-12)9(2)21/h5-8,20H,4H2,1-3H3,(H,19,22)/t14-/m1/s1. The maximum Gasteiger partial charge on any atom is 0.441 e. The van der Waals surface area contributed by atoms with E-state index in [1.165, 1.54) is 32.0 Å². The average molecular weight is 346 g/mol. The first kappa shape index (κ1) is 19.5. The van der Waals surface area contributed by atoms with Gasteiger partial charge in [-0.15, -0.1) is 0 Å². The van der Waals surface area contributed by atoms with E-state index in [2.05, 4.69) is 4.74 Å². The number of halogens is 3. The Labute approximate surface area is 136 Å². The number of carbonyl (C=O) groups excluding carboxylic acids is 3. The van der Waals surface area contributed by atoms with Crippen molar-refractivity contribution in [1.82, 2.24) is 5.32 Å². The summed E-state index contributed by atoms with van der Waals surface area (Å²) in [6, 6.07) is 5.13. The molecule has 6 nitrogen and oxygen atoms in total. The van der Waals surface area contributed by atoms with Crippen molar-refractivity contribution in [3.05, 3.63) is 29.8 Å². The Morgan fingerprint density at radius 1 is 1.17 bits per heavy atom. The van der Waals surface area contributed by atoms with E-state index in [1.807, 2.05) is 5.32 Å². The van der Waals surface area contributed by atoms with E-state index in [9.17, 15) is 27.6 Å². The minimum absolute atomic E-state index is 0.141. The van der Waals surface area contributed by atoms with Gasteiger partial charge in [0, 0.05) is 18.2 Å². The molecule has 0 aliphatic heterocycles. The molecule has 9 heteroatoms. The Hall–Kier alpha value is -2.58. The number of benzene rings is 1. The molecule has 1 rings (SSSR count). The third kappa shape index (κ3) is 4.24. The van der Waals surface area contributed by atoms with Crippen LogP contribution in [0, 0.1) is 0 Å². The lowest BCUT2D eigenvalue weighted by Gasteiger charge is -2.35. The van der Waals surface area contributed by atoms with E-state index in [4.69, 9.17) is 0 Å². The summed E-state index contributed by atoms with van der Waals surface area (Å²) in [7, 11) is 0. The fourth-order valence-corrected chi connectivity index (χ4v) is 1.93. The molecule has 0 saturated heterocycles. The van der Waals surface area contributed by atoms with E-state index in [0.717, 1.165) is 13.0 Å².